The lowest BCUT2D eigenvalue weighted by Crippen LogP contribution is -2.35. The van der Waals surface area contributed by atoms with Gasteiger partial charge in [-0.1, -0.05) is 34.5 Å². The molecule has 0 atom stereocenters. The van der Waals surface area contributed by atoms with Crippen molar-refractivity contribution in [1.29, 1.82) is 0 Å². The molecule has 2 heterocycles. The van der Waals surface area contributed by atoms with Crippen LogP contribution in [-0.2, 0) is 17.7 Å². The van der Waals surface area contributed by atoms with Crippen LogP contribution in [0.5, 0.6) is 0 Å². The van der Waals surface area contributed by atoms with Crippen molar-refractivity contribution in [3.05, 3.63) is 44.4 Å². The number of fused-ring (bicyclic) bond motifs is 1. The lowest BCUT2D eigenvalue weighted by Gasteiger charge is -2.24. The van der Waals surface area contributed by atoms with Crippen molar-refractivity contribution in [3.63, 3.8) is 0 Å². The largest absolute Gasteiger partial charge is 0.453 e. The summed E-state index contributed by atoms with van der Waals surface area (Å²) in [5, 5.41) is 3.95. The van der Waals surface area contributed by atoms with Gasteiger partial charge in [-0.15, -0.1) is 0 Å². The van der Waals surface area contributed by atoms with Gasteiger partial charge >= 0.3 is 6.09 Å². The third-order valence-corrected chi connectivity index (χ3v) is 5.11. The second-order valence-corrected chi connectivity index (χ2v) is 7.04. The van der Waals surface area contributed by atoms with E-state index >= 15 is 0 Å². The number of carbonyl (C=O) groups is 2. The standard InChI is InChI=1S/C15H13Cl2N3O3S/c1-23-15(22)20-5-4-11-12(7-20)24-14(18-11)19-13(21)9-3-2-8(16)6-10(9)17/h2-3,6H,4-5,7H2,1H3,(H,18,19,21). The number of thiazole rings is 1. The molecule has 0 radical (unpaired) electrons. The topological polar surface area (TPSA) is 71.5 Å². The molecule has 0 fully saturated rings. The molecule has 2 aromatic rings. The number of methoxy groups -OCH3 is 1. The number of halogens is 2. The van der Waals surface area contributed by atoms with Crippen LogP contribution < -0.4 is 5.32 Å². The van der Waals surface area contributed by atoms with Crippen LogP contribution in [0.25, 0.3) is 0 Å². The number of nitrogens with zero attached hydrogens (tertiary/aromatic N) is 2. The minimum atomic E-state index is -0.368. The Morgan fingerprint density at radius 3 is 2.88 bits per heavy atom. The Balaban J connectivity index is 1.74. The van der Waals surface area contributed by atoms with E-state index < -0.39 is 0 Å². The molecule has 1 aliphatic heterocycles. The van der Waals surface area contributed by atoms with Crippen LogP contribution >= 0.6 is 34.5 Å². The van der Waals surface area contributed by atoms with Gasteiger partial charge in [0.15, 0.2) is 5.13 Å². The maximum Gasteiger partial charge on any atom is 0.409 e. The number of hydrogen-bond acceptors (Lipinski definition) is 5. The molecule has 3 rings (SSSR count). The SMILES string of the molecule is COC(=O)N1CCc2nc(NC(=O)c3ccc(Cl)cc3Cl)sc2C1. The molecule has 9 heteroatoms. The van der Waals surface area contributed by atoms with Gasteiger partial charge < -0.3 is 9.64 Å². The highest BCUT2D eigenvalue weighted by Crippen LogP contribution is 2.29. The molecule has 1 aromatic carbocycles. The van der Waals surface area contributed by atoms with Gasteiger partial charge in [-0.05, 0) is 18.2 Å². The van der Waals surface area contributed by atoms with Crippen molar-refractivity contribution in [2.75, 3.05) is 19.0 Å². The molecule has 0 saturated heterocycles. The van der Waals surface area contributed by atoms with Gasteiger partial charge in [-0.3, -0.25) is 10.1 Å². The molecule has 1 aromatic heterocycles. The molecule has 24 heavy (non-hydrogen) atoms. The monoisotopic (exact) mass is 385 g/mol. The second-order valence-electron chi connectivity index (χ2n) is 5.11. The van der Waals surface area contributed by atoms with Gasteiger partial charge in [-0.25, -0.2) is 9.78 Å². The Morgan fingerprint density at radius 1 is 1.38 bits per heavy atom. The van der Waals surface area contributed by atoms with Crippen molar-refractivity contribution < 1.29 is 14.3 Å². The first-order valence-corrected chi connectivity index (χ1v) is 8.63. The van der Waals surface area contributed by atoms with Gasteiger partial charge in [-0.2, -0.15) is 0 Å². The van der Waals surface area contributed by atoms with E-state index in [0.717, 1.165) is 10.6 Å². The summed E-state index contributed by atoms with van der Waals surface area (Å²) in [7, 11) is 1.35. The van der Waals surface area contributed by atoms with Crippen molar-refractivity contribution in [1.82, 2.24) is 9.88 Å². The van der Waals surface area contributed by atoms with Crippen LogP contribution in [-0.4, -0.2) is 35.5 Å². The second kappa shape index (κ2) is 6.96. The first-order chi connectivity index (χ1) is 11.5. The van der Waals surface area contributed by atoms with E-state index in [1.807, 2.05) is 0 Å². The van der Waals surface area contributed by atoms with E-state index in [1.54, 1.807) is 17.0 Å². The number of rotatable bonds is 2. The van der Waals surface area contributed by atoms with Gasteiger partial charge in [0, 0.05) is 22.9 Å². The number of benzene rings is 1. The number of amides is 2. The Labute approximate surface area is 152 Å². The lowest BCUT2D eigenvalue weighted by molar-refractivity contribution is 0.102. The van der Waals surface area contributed by atoms with E-state index in [2.05, 4.69) is 10.3 Å². The van der Waals surface area contributed by atoms with E-state index in [1.165, 1.54) is 24.5 Å². The number of nitrogens with one attached hydrogen (secondary N) is 1. The maximum atomic E-state index is 12.3. The molecule has 0 spiro atoms. The summed E-state index contributed by atoms with van der Waals surface area (Å²) in [6.07, 6.45) is 0.256. The fraction of sp³-hybridized carbons (Fsp3) is 0.267. The smallest absolute Gasteiger partial charge is 0.409 e. The summed E-state index contributed by atoms with van der Waals surface area (Å²) in [6.45, 7) is 0.969. The fourth-order valence-electron chi connectivity index (χ4n) is 2.37. The van der Waals surface area contributed by atoms with E-state index in [4.69, 9.17) is 27.9 Å². The first kappa shape index (κ1) is 17.0. The molecule has 126 valence electrons. The first-order valence-electron chi connectivity index (χ1n) is 7.06. The highest BCUT2D eigenvalue weighted by atomic mass is 35.5. The fourth-order valence-corrected chi connectivity index (χ4v) is 3.89. The van der Waals surface area contributed by atoms with Crippen LogP contribution in [0.3, 0.4) is 0 Å². The van der Waals surface area contributed by atoms with Crippen molar-refractivity contribution in [3.8, 4) is 0 Å². The summed E-state index contributed by atoms with van der Waals surface area (Å²) in [6, 6.07) is 4.68. The van der Waals surface area contributed by atoms with Crippen LogP contribution in [0.1, 0.15) is 20.9 Å². The highest BCUT2D eigenvalue weighted by Gasteiger charge is 2.25. The van der Waals surface area contributed by atoms with Gasteiger partial charge in [0.05, 0.1) is 29.9 Å². The van der Waals surface area contributed by atoms with Gasteiger partial charge in [0.2, 0.25) is 0 Å². The number of ether oxygens (including phenoxy) is 1. The van der Waals surface area contributed by atoms with Crippen LogP contribution in [0.2, 0.25) is 10.0 Å². The molecule has 2 amide bonds. The van der Waals surface area contributed by atoms with E-state index in [-0.39, 0.29) is 17.0 Å². The minimum absolute atomic E-state index is 0.276. The van der Waals surface area contributed by atoms with Gasteiger partial charge in [0.25, 0.3) is 5.91 Å². The Bertz CT molecular complexity index is 809. The third kappa shape index (κ3) is 3.48. The molecule has 0 unspecified atom stereocenters. The zero-order chi connectivity index (χ0) is 17.3. The zero-order valence-electron chi connectivity index (χ0n) is 12.6. The molecule has 0 aliphatic carbocycles. The average molecular weight is 386 g/mol. The van der Waals surface area contributed by atoms with Crippen LogP contribution in [0.4, 0.5) is 9.93 Å². The van der Waals surface area contributed by atoms with Crippen molar-refractivity contribution in [2.24, 2.45) is 0 Å². The Kier molecular flexibility index (Phi) is 4.93. The third-order valence-electron chi connectivity index (χ3n) is 3.56. The molecule has 0 saturated carbocycles. The quantitative estimate of drug-likeness (QED) is 0.852. The number of aromatic nitrogens is 1. The lowest BCUT2D eigenvalue weighted by atomic mass is 10.2. The predicted molar refractivity (Wildman–Crippen MR) is 93.0 cm³/mol. The van der Waals surface area contributed by atoms with E-state index in [9.17, 15) is 9.59 Å². The van der Waals surface area contributed by atoms with Crippen molar-refractivity contribution >= 4 is 51.7 Å². The summed E-state index contributed by atoms with van der Waals surface area (Å²) >= 11 is 13.2. The van der Waals surface area contributed by atoms with Crippen molar-refractivity contribution in [2.45, 2.75) is 13.0 Å². The zero-order valence-corrected chi connectivity index (χ0v) is 15.0. The molecule has 0 bridgehead atoms. The van der Waals surface area contributed by atoms with Crippen LogP contribution in [0.15, 0.2) is 18.2 Å². The number of carbonyl (C=O) groups excluding carboxylic acids is 2. The summed E-state index contributed by atoms with van der Waals surface area (Å²) in [5.74, 6) is -0.354. The summed E-state index contributed by atoms with van der Waals surface area (Å²) in [4.78, 5) is 30.9. The van der Waals surface area contributed by atoms with Gasteiger partial charge in [0.1, 0.15) is 0 Å². The van der Waals surface area contributed by atoms with E-state index in [0.29, 0.717) is 35.2 Å². The number of hydrogen-bond donors (Lipinski definition) is 1. The van der Waals surface area contributed by atoms with Crippen LogP contribution in [0, 0.1) is 0 Å². The Morgan fingerprint density at radius 2 is 2.17 bits per heavy atom. The summed E-state index contributed by atoms with van der Waals surface area (Å²) in [5.41, 5.74) is 1.21. The molecular weight excluding hydrogens is 373 g/mol. The molecule has 1 aliphatic rings. The maximum absolute atomic E-state index is 12.3. The summed E-state index contributed by atoms with van der Waals surface area (Å²) < 4.78 is 4.73. The highest BCUT2D eigenvalue weighted by molar-refractivity contribution is 7.15. The predicted octanol–water partition coefficient (Wildman–Crippen LogP) is 3.83. The minimum Gasteiger partial charge on any atom is -0.453 e. The molecule has 6 nitrogen and oxygen atoms in total. The average Bonchev–Trinajstić information content (AvgIpc) is 2.95. The molecule has 1 N–H and O–H groups in total. The normalized spacial score (nSPS) is 13.4. The Hall–Kier alpha value is -1.83. The molecular formula is C15H13Cl2N3O3S. The number of anilines is 1.